The number of alkyl halides is 2. The zero-order valence-corrected chi connectivity index (χ0v) is 17.1. The third kappa shape index (κ3) is 6.95. The predicted octanol–water partition coefficient (Wildman–Crippen LogP) is 4.08. The molecule has 6 nitrogen and oxygen atoms in total. The molecule has 2 rings (SSSR count). The van der Waals surface area contributed by atoms with Gasteiger partial charge in [-0.2, -0.15) is 8.78 Å². The zero-order chi connectivity index (χ0) is 21.9. The SMILES string of the molecule is C/C=C/c1ccc(OCC(=O)NCCc2ccc(OC(F)F)c(OC)c2)c(OC)c1. The van der Waals surface area contributed by atoms with Crippen LogP contribution in [0.1, 0.15) is 18.1 Å². The third-order valence-electron chi connectivity index (χ3n) is 4.09. The fourth-order valence-electron chi connectivity index (χ4n) is 2.70. The van der Waals surface area contributed by atoms with Gasteiger partial charge in [0.05, 0.1) is 14.2 Å². The Morgan fingerprint density at radius 1 is 1.03 bits per heavy atom. The molecule has 2 aromatic rings. The molecule has 0 aliphatic heterocycles. The Bertz CT molecular complexity index is 871. The van der Waals surface area contributed by atoms with E-state index in [9.17, 15) is 13.6 Å². The molecule has 0 atom stereocenters. The second-order valence-corrected chi connectivity index (χ2v) is 6.16. The molecule has 0 spiro atoms. The molecule has 1 N–H and O–H groups in total. The van der Waals surface area contributed by atoms with Crippen LogP contribution in [0.2, 0.25) is 0 Å². The number of amides is 1. The number of halogens is 2. The van der Waals surface area contributed by atoms with Crippen LogP contribution in [0.4, 0.5) is 8.78 Å². The van der Waals surface area contributed by atoms with Crippen molar-refractivity contribution < 1.29 is 32.5 Å². The molecule has 0 unspecified atom stereocenters. The largest absolute Gasteiger partial charge is 0.493 e. The van der Waals surface area contributed by atoms with Gasteiger partial charge in [-0.3, -0.25) is 4.79 Å². The minimum Gasteiger partial charge on any atom is -0.493 e. The molecule has 2 aromatic carbocycles. The highest BCUT2D eigenvalue weighted by Crippen LogP contribution is 2.30. The molecule has 0 aromatic heterocycles. The van der Waals surface area contributed by atoms with Crippen molar-refractivity contribution >= 4 is 12.0 Å². The van der Waals surface area contributed by atoms with Gasteiger partial charge in [0.15, 0.2) is 29.6 Å². The number of rotatable bonds is 11. The Morgan fingerprint density at radius 2 is 1.73 bits per heavy atom. The smallest absolute Gasteiger partial charge is 0.387 e. The van der Waals surface area contributed by atoms with Crippen LogP contribution in [0.3, 0.4) is 0 Å². The molecule has 8 heteroatoms. The highest BCUT2D eigenvalue weighted by molar-refractivity contribution is 5.77. The summed E-state index contributed by atoms with van der Waals surface area (Å²) >= 11 is 0. The number of nitrogens with one attached hydrogen (secondary N) is 1. The zero-order valence-electron chi connectivity index (χ0n) is 17.1. The van der Waals surface area contributed by atoms with Gasteiger partial charge in [-0.1, -0.05) is 24.3 Å². The molecule has 0 heterocycles. The number of methoxy groups -OCH3 is 2. The van der Waals surface area contributed by atoms with Crippen LogP contribution in [0.25, 0.3) is 6.08 Å². The van der Waals surface area contributed by atoms with E-state index < -0.39 is 6.61 Å². The van der Waals surface area contributed by atoms with Crippen molar-refractivity contribution in [1.29, 1.82) is 0 Å². The summed E-state index contributed by atoms with van der Waals surface area (Å²) in [6.07, 6.45) is 4.33. The fraction of sp³-hybridized carbons (Fsp3) is 0.318. The second-order valence-electron chi connectivity index (χ2n) is 6.16. The number of hydrogen-bond donors (Lipinski definition) is 1. The summed E-state index contributed by atoms with van der Waals surface area (Å²) in [5.41, 5.74) is 1.77. The van der Waals surface area contributed by atoms with Crippen LogP contribution >= 0.6 is 0 Å². The van der Waals surface area contributed by atoms with Gasteiger partial charge >= 0.3 is 6.61 Å². The summed E-state index contributed by atoms with van der Waals surface area (Å²) in [4.78, 5) is 12.1. The molecule has 0 aliphatic rings. The minimum atomic E-state index is -2.93. The van der Waals surface area contributed by atoms with E-state index in [1.807, 2.05) is 31.2 Å². The quantitative estimate of drug-likeness (QED) is 0.592. The van der Waals surface area contributed by atoms with Gasteiger partial charge in [0.25, 0.3) is 5.91 Å². The number of benzene rings is 2. The Morgan fingerprint density at radius 3 is 2.40 bits per heavy atom. The average Bonchev–Trinajstić information content (AvgIpc) is 2.73. The van der Waals surface area contributed by atoms with Crippen molar-refractivity contribution in [2.75, 3.05) is 27.4 Å². The van der Waals surface area contributed by atoms with Gasteiger partial charge in [0.2, 0.25) is 0 Å². The Labute approximate surface area is 174 Å². The molecule has 162 valence electrons. The lowest BCUT2D eigenvalue weighted by molar-refractivity contribution is -0.123. The van der Waals surface area contributed by atoms with E-state index in [2.05, 4.69) is 10.1 Å². The van der Waals surface area contributed by atoms with Crippen molar-refractivity contribution in [3.8, 4) is 23.0 Å². The highest BCUT2D eigenvalue weighted by atomic mass is 19.3. The summed E-state index contributed by atoms with van der Waals surface area (Å²) in [5, 5.41) is 2.75. The number of carbonyl (C=O) groups is 1. The minimum absolute atomic E-state index is 0.0388. The molecule has 0 radical (unpaired) electrons. The van der Waals surface area contributed by atoms with Crippen LogP contribution in [0.5, 0.6) is 23.0 Å². The monoisotopic (exact) mass is 421 g/mol. The molecule has 0 bridgehead atoms. The molecule has 1 amide bonds. The number of carbonyl (C=O) groups excluding carboxylic acids is 1. The van der Waals surface area contributed by atoms with Gasteiger partial charge in [0.1, 0.15) is 0 Å². The van der Waals surface area contributed by atoms with Crippen molar-refractivity contribution in [3.63, 3.8) is 0 Å². The molecular weight excluding hydrogens is 396 g/mol. The van der Waals surface area contributed by atoms with Crippen LogP contribution in [0, 0.1) is 0 Å². The van der Waals surface area contributed by atoms with E-state index in [1.165, 1.54) is 20.3 Å². The molecule has 0 saturated heterocycles. The first-order chi connectivity index (χ1) is 14.5. The molecule has 0 fully saturated rings. The fourth-order valence-corrected chi connectivity index (χ4v) is 2.70. The Hall–Kier alpha value is -3.29. The molecule has 0 aliphatic carbocycles. The standard InChI is InChI=1S/C22H25F2NO5/c1-4-5-15-6-8-17(19(12-15)27-2)29-14-21(26)25-11-10-16-7-9-18(30-22(23)24)20(13-16)28-3/h4-9,12-13,22H,10-11,14H2,1-3H3,(H,25,26)/b5-4+. The van der Waals surface area contributed by atoms with Crippen molar-refractivity contribution in [2.45, 2.75) is 20.0 Å². The van der Waals surface area contributed by atoms with Gasteiger partial charge < -0.3 is 24.3 Å². The lowest BCUT2D eigenvalue weighted by Crippen LogP contribution is -2.30. The van der Waals surface area contributed by atoms with Crippen molar-refractivity contribution in [2.24, 2.45) is 0 Å². The lowest BCUT2D eigenvalue weighted by atomic mass is 10.1. The van der Waals surface area contributed by atoms with E-state index >= 15 is 0 Å². The first-order valence-electron chi connectivity index (χ1n) is 9.28. The number of allylic oxidation sites excluding steroid dienone is 1. The Balaban J connectivity index is 1.84. The van der Waals surface area contributed by atoms with Crippen LogP contribution in [-0.4, -0.2) is 39.9 Å². The molecule has 30 heavy (non-hydrogen) atoms. The summed E-state index contributed by atoms with van der Waals surface area (Å²) in [5.74, 6) is 0.884. The normalized spacial score (nSPS) is 10.9. The van der Waals surface area contributed by atoms with Crippen molar-refractivity contribution in [1.82, 2.24) is 5.32 Å². The topological polar surface area (TPSA) is 66.0 Å². The number of ether oxygens (including phenoxy) is 4. The highest BCUT2D eigenvalue weighted by Gasteiger charge is 2.12. The van der Waals surface area contributed by atoms with Crippen LogP contribution in [0.15, 0.2) is 42.5 Å². The third-order valence-corrected chi connectivity index (χ3v) is 4.09. The van der Waals surface area contributed by atoms with E-state index in [0.29, 0.717) is 24.5 Å². The lowest BCUT2D eigenvalue weighted by Gasteiger charge is -2.13. The summed E-state index contributed by atoms with van der Waals surface area (Å²) < 4.78 is 45.1. The predicted molar refractivity (Wildman–Crippen MR) is 110 cm³/mol. The first-order valence-corrected chi connectivity index (χ1v) is 9.28. The molecule has 0 saturated carbocycles. The van der Waals surface area contributed by atoms with Crippen LogP contribution < -0.4 is 24.3 Å². The van der Waals surface area contributed by atoms with Crippen LogP contribution in [-0.2, 0) is 11.2 Å². The Kier molecular flexibility index (Phi) is 8.93. The van der Waals surface area contributed by atoms with Gasteiger partial charge in [-0.25, -0.2) is 0 Å². The summed E-state index contributed by atoms with van der Waals surface area (Å²) in [7, 11) is 2.91. The van der Waals surface area contributed by atoms with Crippen molar-refractivity contribution in [3.05, 3.63) is 53.6 Å². The maximum absolute atomic E-state index is 12.4. The van der Waals surface area contributed by atoms with Gasteiger partial charge in [-0.15, -0.1) is 0 Å². The molecular formula is C22H25F2NO5. The van der Waals surface area contributed by atoms with E-state index in [1.54, 1.807) is 18.2 Å². The van der Waals surface area contributed by atoms with Gasteiger partial charge in [-0.05, 0) is 48.7 Å². The first kappa shape index (κ1) is 23.0. The maximum Gasteiger partial charge on any atom is 0.387 e. The number of hydrogen-bond acceptors (Lipinski definition) is 5. The summed E-state index contributed by atoms with van der Waals surface area (Å²) in [6.45, 7) is -0.827. The van der Waals surface area contributed by atoms with Gasteiger partial charge in [0, 0.05) is 6.54 Å². The van der Waals surface area contributed by atoms with E-state index in [4.69, 9.17) is 14.2 Å². The maximum atomic E-state index is 12.4. The summed E-state index contributed by atoms with van der Waals surface area (Å²) in [6, 6.07) is 10.1. The second kappa shape index (κ2) is 11.6. The van der Waals surface area contributed by atoms with E-state index in [0.717, 1.165) is 11.1 Å². The van der Waals surface area contributed by atoms with E-state index in [-0.39, 0.29) is 24.0 Å². The average molecular weight is 421 g/mol.